The third-order valence-corrected chi connectivity index (χ3v) is 1.76. The highest BCUT2D eigenvalue weighted by atomic mass is 16.2. The molecule has 0 spiro atoms. The summed E-state index contributed by atoms with van der Waals surface area (Å²) < 4.78 is 0. The third kappa shape index (κ3) is 5.39. The lowest BCUT2D eigenvalue weighted by Gasteiger charge is -2.16. The lowest BCUT2D eigenvalue weighted by Crippen LogP contribution is -2.35. The molecule has 3 heteroatoms. The van der Waals surface area contributed by atoms with Crippen molar-refractivity contribution in [3.05, 3.63) is 0 Å². The van der Waals surface area contributed by atoms with Gasteiger partial charge in [0.2, 0.25) is 5.91 Å². The van der Waals surface area contributed by atoms with E-state index in [-0.39, 0.29) is 23.7 Å². The topological polar surface area (TPSA) is 46.2 Å². The van der Waals surface area contributed by atoms with Crippen LogP contribution < -0.4 is 5.32 Å². The lowest BCUT2D eigenvalue weighted by atomic mass is 9.91. The first kappa shape index (κ1) is 12.1. The molecule has 3 nitrogen and oxygen atoms in total. The predicted octanol–water partition coefficient (Wildman–Crippen LogP) is 1.52. The summed E-state index contributed by atoms with van der Waals surface area (Å²) in [5.41, 5.74) is -0.362. The van der Waals surface area contributed by atoms with Crippen molar-refractivity contribution >= 4 is 11.7 Å². The Morgan fingerprint density at radius 1 is 1.23 bits per heavy atom. The average molecular weight is 185 g/mol. The van der Waals surface area contributed by atoms with E-state index in [4.69, 9.17) is 0 Å². The van der Waals surface area contributed by atoms with Crippen molar-refractivity contribution in [1.29, 1.82) is 0 Å². The fourth-order valence-corrected chi connectivity index (χ4v) is 0.759. The minimum Gasteiger partial charge on any atom is -0.349 e. The predicted molar refractivity (Wildman–Crippen MR) is 52.4 cm³/mol. The van der Waals surface area contributed by atoms with Crippen molar-refractivity contribution in [1.82, 2.24) is 5.32 Å². The summed E-state index contributed by atoms with van der Waals surface area (Å²) in [6, 6.07) is 0. The van der Waals surface area contributed by atoms with Crippen LogP contribution in [0.4, 0.5) is 0 Å². The second-order valence-corrected chi connectivity index (χ2v) is 4.20. The molecule has 0 aliphatic carbocycles. The molecule has 76 valence electrons. The maximum Gasteiger partial charge on any atom is 0.220 e. The van der Waals surface area contributed by atoms with Crippen LogP contribution in [0.1, 0.15) is 40.5 Å². The second-order valence-electron chi connectivity index (χ2n) is 4.20. The molecule has 0 heterocycles. The fourth-order valence-electron chi connectivity index (χ4n) is 0.759. The standard InChI is InChI=1S/C10H19NO2/c1-5-6-9(13)11-7-8(12)10(2,3)4/h5-7H2,1-4H3,(H,11,13). The van der Waals surface area contributed by atoms with Gasteiger partial charge in [-0.2, -0.15) is 0 Å². The van der Waals surface area contributed by atoms with E-state index in [9.17, 15) is 9.59 Å². The van der Waals surface area contributed by atoms with Crippen molar-refractivity contribution in [3.63, 3.8) is 0 Å². The number of Topliss-reactive ketones (excluding diaryl/α,β-unsaturated/α-hetero) is 1. The van der Waals surface area contributed by atoms with Gasteiger partial charge in [-0.25, -0.2) is 0 Å². The summed E-state index contributed by atoms with van der Waals surface area (Å²) in [7, 11) is 0. The Morgan fingerprint density at radius 3 is 2.15 bits per heavy atom. The molecule has 13 heavy (non-hydrogen) atoms. The van der Waals surface area contributed by atoms with Crippen LogP contribution >= 0.6 is 0 Å². The van der Waals surface area contributed by atoms with E-state index in [0.29, 0.717) is 6.42 Å². The maximum atomic E-state index is 11.4. The molecule has 0 aromatic heterocycles. The molecule has 0 fully saturated rings. The van der Waals surface area contributed by atoms with Crippen LogP contribution in [0.25, 0.3) is 0 Å². The summed E-state index contributed by atoms with van der Waals surface area (Å²) in [5, 5.41) is 2.60. The van der Waals surface area contributed by atoms with Gasteiger partial charge in [0.05, 0.1) is 6.54 Å². The van der Waals surface area contributed by atoms with Crippen molar-refractivity contribution in [3.8, 4) is 0 Å². The van der Waals surface area contributed by atoms with Crippen molar-refractivity contribution < 1.29 is 9.59 Å². The van der Waals surface area contributed by atoms with Gasteiger partial charge in [0.15, 0.2) is 5.78 Å². The number of nitrogens with one attached hydrogen (secondary N) is 1. The Labute approximate surface area is 79.9 Å². The van der Waals surface area contributed by atoms with E-state index in [1.807, 2.05) is 27.7 Å². The number of carbonyl (C=O) groups is 2. The van der Waals surface area contributed by atoms with E-state index in [1.165, 1.54) is 0 Å². The van der Waals surface area contributed by atoms with Gasteiger partial charge in [0, 0.05) is 11.8 Å². The molecule has 0 aromatic carbocycles. The molecule has 1 N–H and O–H groups in total. The molecule has 1 amide bonds. The Kier molecular flexibility index (Phi) is 4.67. The van der Waals surface area contributed by atoms with Gasteiger partial charge in [0.25, 0.3) is 0 Å². The Balaban J connectivity index is 3.77. The third-order valence-electron chi connectivity index (χ3n) is 1.76. The summed E-state index contributed by atoms with van der Waals surface area (Å²) >= 11 is 0. The van der Waals surface area contributed by atoms with E-state index in [1.54, 1.807) is 0 Å². The average Bonchev–Trinajstić information content (AvgIpc) is 1.99. The fraction of sp³-hybridized carbons (Fsp3) is 0.800. The Morgan fingerprint density at radius 2 is 1.77 bits per heavy atom. The minimum atomic E-state index is -0.362. The zero-order chi connectivity index (χ0) is 10.5. The molecular weight excluding hydrogens is 166 g/mol. The van der Waals surface area contributed by atoms with E-state index in [2.05, 4.69) is 5.32 Å². The first-order valence-corrected chi connectivity index (χ1v) is 4.68. The zero-order valence-electron chi connectivity index (χ0n) is 8.94. The first-order valence-electron chi connectivity index (χ1n) is 4.68. The van der Waals surface area contributed by atoms with Crippen LogP contribution in [0.2, 0.25) is 0 Å². The molecule has 0 aliphatic rings. The second kappa shape index (κ2) is 5.00. The molecule has 0 saturated heterocycles. The minimum absolute atomic E-state index is 0.0416. The van der Waals surface area contributed by atoms with Crippen molar-refractivity contribution in [2.45, 2.75) is 40.5 Å². The molecule has 0 aromatic rings. The van der Waals surface area contributed by atoms with Crippen LogP contribution in [0.15, 0.2) is 0 Å². The highest BCUT2D eigenvalue weighted by Crippen LogP contribution is 2.13. The number of rotatable bonds is 4. The number of ketones is 1. The van der Waals surface area contributed by atoms with Gasteiger partial charge >= 0.3 is 0 Å². The highest BCUT2D eigenvalue weighted by molar-refractivity contribution is 5.89. The number of carbonyl (C=O) groups excluding carboxylic acids is 2. The normalized spacial score (nSPS) is 11.1. The monoisotopic (exact) mass is 185 g/mol. The summed E-state index contributed by atoms with van der Waals surface area (Å²) in [6.45, 7) is 7.64. The summed E-state index contributed by atoms with van der Waals surface area (Å²) in [5.74, 6) is 0.0250. The molecule has 0 rings (SSSR count). The van der Waals surface area contributed by atoms with Gasteiger partial charge < -0.3 is 5.32 Å². The molecular formula is C10H19NO2. The number of amides is 1. The van der Waals surface area contributed by atoms with Crippen molar-refractivity contribution in [2.75, 3.05) is 6.54 Å². The van der Waals surface area contributed by atoms with Gasteiger partial charge in [-0.3, -0.25) is 9.59 Å². The molecule has 0 saturated carbocycles. The molecule has 0 bridgehead atoms. The maximum absolute atomic E-state index is 11.4. The van der Waals surface area contributed by atoms with Crippen LogP contribution in [-0.2, 0) is 9.59 Å². The number of hydrogen-bond acceptors (Lipinski definition) is 2. The van der Waals surface area contributed by atoms with E-state index >= 15 is 0 Å². The van der Waals surface area contributed by atoms with Gasteiger partial charge in [0.1, 0.15) is 0 Å². The van der Waals surface area contributed by atoms with E-state index in [0.717, 1.165) is 6.42 Å². The molecule has 0 aliphatic heterocycles. The van der Waals surface area contributed by atoms with Gasteiger partial charge in [-0.15, -0.1) is 0 Å². The van der Waals surface area contributed by atoms with Crippen LogP contribution in [0.5, 0.6) is 0 Å². The van der Waals surface area contributed by atoms with Crippen molar-refractivity contribution in [2.24, 2.45) is 5.41 Å². The SMILES string of the molecule is CCCC(=O)NCC(=O)C(C)(C)C. The van der Waals surface area contributed by atoms with Crippen LogP contribution in [0.3, 0.4) is 0 Å². The largest absolute Gasteiger partial charge is 0.349 e. The molecule has 0 radical (unpaired) electrons. The lowest BCUT2D eigenvalue weighted by molar-refractivity contribution is -0.129. The summed E-state index contributed by atoms with van der Waals surface area (Å²) in [4.78, 5) is 22.4. The number of hydrogen-bond donors (Lipinski definition) is 1. The molecule has 0 unspecified atom stereocenters. The Bertz CT molecular complexity index is 192. The van der Waals surface area contributed by atoms with Crippen LogP contribution in [0, 0.1) is 5.41 Å². The quantitative estimate of drug-likeness (QED) is 0.721. The molecule has 0 atom stereocenters. The zero-order valence-corrected chi connectivity index (χ0v) is 8.94. The smallest absolute Gasteiger partial charge is 0.220 e. The first-order chi connectivity index (χ1) is 5.88. The van der Waals surface area contributed by atoms with Gasteiger partial charge in [-0.1, -0.05) is 27.7 Å². The highest BCUT2D eigenvalue weighted by Gasteiger charge is 2.20. The van der Waals surface area contributed by atoms with E-state index < -0.39 is 0 Å². The summed E-state index contributed by atoms with van der Waals surface area (Å²) in [6.07, 6.45) is 1.31. The van der Waals surface area contributed by atoms with Gasteiger partial charge in [-0.05, 0) is 6.42 Å². The van der Waals surface area contributed by atoms with Crippen LogP contribution in [-0.4, -0.2) is 18.2 Å². The Hall–Kier alpha value is -0.860.